The number of carbonyl (C=O) groups is 2. The summed E-state index contributed by atoms with van der Waals surface area (Å²) in [5.74, 6) is -0.126. The van der Waals surface area contributed by atoms with E-state index in [2.05, 4.69) is 5.10 Å². The first-order chi connectivity index (χ1) is 15.0. The maximum absolute atomic E-state index is 12.8. The van der Waals surface area contributed by atoms with Crippen LogP contribution in [0, 0.1) is 5.92 Å². The number of hydrogen-bond acceptors (Lipinski definition) is 5. The Labute approximate surface area is 180 Å². The van der Waals surface area contributed by atoms with Crippen molar-refractivity contribution >= 4 is 22.6 Å². The third-order valence-electron chi connectivity index (χ3n) is 5.87. The maximum Gasteiger partial charge on any atom is 0.305 e. The van der Waals surface area contributed by atoms with Crippen LogP contribution in [0.25, 0.3) is 22.0 Å². The molecule has 7 nitrogen and oxygen atoms in total. The Morgan fingerprint density at radius 1 is 1.03 bits per heavy atom. The quantitative estimate of drug-likeness (QED) is 0.594. The van der Waals surface area contributed by atoms with E-state index in [0.717, 1.165) is 29.2 Å². The van der Waals surface area contributed by atoms with Crippen molar-refractivity contribution in [1.82, 2.24) is 14.7 Å². The molecule has 3 aromatic rings. The molecule has 2 heterocycles. The maximum atomic E-state index is 12.8. The molecule has 7 heteroatoms. The predicted molar refractivity (Wildman–Crippen MR) is 117 cm³/mol. The molecule has 0 aliphatic carbocycles. The molecule has 160 valence electrons. The SMILES string of the molecule is COC(=O)CC1CCN(C(=O)Cn2nc(-c3cccc4ccccc34)ccc2=O)CC1. The van der Waals surface area contributed by atoms with Gasteiger partial charge in [0, 0.05) is 31.1 Å². The molecule has 0 spiro atoms. The van der Waals surface area contributed by atoms with E-state index in [1.807, 2.05) is 42.5 Å². The number of methoxy groups -OCH3 is 1. The average molecular weight is 419 g/mol. The summed E-state index contributed by atoms with van der Waals surface area (Å²) in [6.07, 6.45) is 1.88. The monoisotopic (exact) mass is 419 g/mol. The second-order valence-corrected chi connectivity index (χ2v) is 7.85. The second-order valence-electron chi connectivity index (χ2n) is 7.85. The predicted octanol–water partition coefficient (Wildman–Crippen LogP) is 2.87. The van der Waals surface area contributed by atoms with Gasteiger partial charge in [0.1, 0.15) is 6.54 Å². The second kappa shape index (κ2) is 9.12. The van der Waals surface area contributed by atoms with Crippen molar-refractivity contribution in [2.24, 2.45) is 5.92 Å². The van der Waals surface area contributed by atoms with Gasteiger partial charge in [-0.15, -0.1) is 0 Å². The first-order valence-corrected chi connectivity index (χ1v) is 10.5. The Morgan fingerprint density at radius 3 is 2.55 bits per heavy atom. The minimum absolute atomic E-state index is 0.0981. The van der Waals surface area contributed by atoms with E-state index in [1.54, 1.807) is 11.0 Å². The van der Waals surface area contributed by atoms with E-state index in [4.69, 9.17) is 4.74 Å². The highest BCUT2D eigenvalue weighted by Crippen LogP contribution is 2.26. The van der Waals surface area contributed by atoms with Crippen LogP contribution in [0.4, 0.5) is 0 Å². The summed E-state index contributed by atoms with van der Waals surface area (Å²) < 4.78 is 5.96. The van der Waals surface area contributed by atoms with Gasteiger partial charge in [-0.05, 0) is 35.6 Å². The summed E-state index contributed by atoms with van der Waals surface area (Å²) >= 11 is 0. The molecule has 1 saturated heterocycles. The van der Waals surface area contributed by atoms with Crippen LogP contribution in [0.5, 0.6) is 0 Å². The van der Waals surface area contributed by atoms with Gasteiger partial charge >= 0.3 is 5.97 Å². The molecule has 4 rings (SSSR count). The van der Waals surface area contributed by atoms with Gasteiger partial charge in [0.2, 0.25) is 5.91 Å². The molecule has 1 fully saturated rings. The van der Waals surface area contributed by atoms with Crippen LogP contribution >= 0.6 is 0 Å². The summed E-state index contributed by atoms with van der Waals surface area (Å²) in [6, 6.07) is 17.1. The van der Waals surface area contributed by atoms with Crippen molar-refractivity contribution in [1.29, 1.82) is 0 Å². The Kier molecular flexibility index (Phi) is 6.11. The zero-order chi connectivity index (χ0) is 21.8. The lowest BCUT2D eigenvalue weighted by Crippen LogP contribution is -2.42. The van der Waals surface area contributed by atoms with Crippen LogP contribution < -0.4 is 5.56 Å². The van der Waals surface area contributed by atoms with Crippen LogP contribution in [0.3, 0.4) is 0 Å². The van der Waals surface area contributed by atoms with Gasteiger partial charge in [0.15, 0.2) is 0 Å². The number of fused-ring (bicyclic) bond motifs is 1. The molecule has 0 saturated carbocycles. The standard InChI is InChI=1S/C24H25N3O4/c1-31-24(30)15-17-11-13-26(14-12-17)23(29)16-27-22(28)10-9-21(25-27)20-8-4-6-18-5-2-3-7-19(18)20/h2-10,17H,11-16H2,1H3. The Bertz CT molecular complexity index is 1160. The minimum Gasteiger partial charge on any atom is -0.469 e. The molecule has 0 bridgehead atoms. The molecule has 2 aromatic carbocycles. The molecule has 1 aromatic heterocycles. The number of piperidine rings is 1. The van der Waals surface area contributed by atoms with Gasteiger partial charge in [-0.2, -0.15) is 5.10 Å². The number of hydrogen-bond donors (Lipinski definition) is 0. The Morgan fingerprint density at radius 2 is 1.77 bits per heavy atom. The van der Waals surface area contributed by atoms with Crippen LogP contribution in [-0.4, -0.2) is 46.8 Å². The number of nitrogens with zero attached hydrogens (tertiary/aromatic N) is 3. The number of amides is 1. The highest BCUT2D eigenvalue weighted by molar-refractivity contribution is 5.95. The largest absolute Gasteiger partial charge is 0.469 e. The first kappa shape index (κ1) is 20.8. The molecule has 31 heavy (non-hydrogen) atoms. The van der Waals surface area contributed by atoms with Gasteiger partial charge in [0.25, 0.3) is 5.56 Å². The number of likely N-dealkylation sites (tertiary alicyclic amines) is 1. The molecule has 0 unspecified atom stereocenters. The number of aromatic nitrogens is 2. The summed E-state index contributed by atoms with van der Waals surface area (Å²) in [7, 11) is 1.39. The number of ether oxygens (including phenoxy) is 1. The average Bonchev–Trinajstić information content (AvgIpc) is 2.80. The summed E-state index contributed by atoms with van der Waals surface area (Å²) in [6.45, 7) is 1.04. The lowest BCUT2D eigenvalue weighted by molar-refractivity contribution is -0.142. The molecule has 1 aliphatic rings. The van der Waals surface area contributed by atoms with E-state index >= 15 is 0 Å². The van der Waals surface area contributed by atoms with Crippen molar-refractivity contribution in [2.75, 3.05) is 20.2 Å². The topological polar surface area (TPSA) is 81.5 Å². The van der Waals surface area contributed by atoms with Gasteiger partial charge in [-0.3, -0.25) is 14.4 Å². The molecule has 0 atom stereocenters. The van der Waals surface area contributed by atoms with Gasteiger partial charge in [-0.1, -0.05) is 42.5 Å². The van der Waals surface area contributed by atoms with Crippen molar-refractivity contribution < 1.29 is 14.3 Å². The lowest BCUT2D eigenvalue weighted by atomic mass is 9.93. The van der Waals surface area contributed by atoms with E-state index in [-0.39, 0.29) is 29.9 Å². The third kappa shape index (κ3) is 4.66. The number of esters is 1. The smallest absolute Gasteiger partial charge is 0.305 e. The van der Waals surface area contributed by atoms with Crippen molar-refractivity contribution in [3.63, 3.8) is 0 Å². The highest BCUT2D eigenvalue weighted by Gasteiger charge is 2.25. The molecule has 1 amide bonds. The molecular formula is C24H25N3O4. The molecule has 0 N–H and O–H groups in total. The summed E-state index contributed by atoms with van der Waals surface area (Å²) in [4.78, 5) is 38.4. The number of rotatable bonds is 5. The van der Waals surface area contributed by atoms with Gasteiger partial charge in [0.05, 0.1) is 12.8 Å². The number of benzene rings is 2. The lowest BCUT2D eigenvalue weighted by Gasteiger charge is -2.31. The van der Waals surface area contributed by atoms with Crippen molar-refractivity contribution in [3.05, 3.63) is 65.0 Å². The van der Waals surface area contributed by atoms with Crippen LogP contribution in [0.2, 0.25) is 0 Å². The fraction of sp³-hybridized carbons (Fsp3) is 0.333. The fourth-order valence-electron chi connectivity index (χ4n) is 4.09. The normalized spacial score (nSPS) is 14.5. The van der Waals surface area contributed by atoms with Gasteiger partial charge in [-0.25, -0.2) is 4.68 Å². The minimum atomic E-state index is -0.307. The van der Waals surface area contributed by atoms with Gasteiger partial charge < -0.3 is 9.64 Å². The summed E-state index contributed by atoms with van der Waals surface area (Å²) in [5, 5.41) is 6.62. The van der Waals surface area contributed by atoms with E-state index in [9.17, 15) is 14.4 Å². The zero-order valence-corrected chi connectivity index (χ0v) is 17.5. The van der Waals surface area contributed by atoms with E-state index in [0.29, 0.717) is 25.2 Å². The van der Waals surface area contributed by atoms with E-state index < -0.39 is 0 Å². The fourth-order valence-corrected chi connectivity index (χ4v) is 4.09. The first-order valence-electron chi connectivity index (χ1n) is 10.5. The molecule has 1 aliphatic heterocycles. The molecular weight excluding hydrogens is 394 g/mol. The summed E-state index contributed by atoms with van der Waals surface area (Å²) in [5.41, 5.74) is 1.27. The Hall–Kier alpha value is -3.48. The van der Waals surface area contributed by atoms with Crippen LogP contribution in [0.1, 0.15) is 19.3 Å². The van der Waals surface area contributed by atoms with Crippen molar-refractivity contribution in [2.45, 2.75) is 25.8 Å². The van der Waals surface area contributed by atoms with Crippen LogP contribution in [0.15, 0.2) is 59.4 Å². The van der Waals surface area contributed by atoms with Crippen molar-refractivity contribution in [3.8, 4) is 11.3 Å². The molecule has 0 radical (unpaired) electrons. The van der Waals surface area contributed by atoms with Crippen LogP contribution in [-0.2, 0) is 20.9 Å². The zero-order valence-electron chi connectivity index (χ0n) is 17.5. The Balaban J connectivity index is 1.49. The third-order valence-corrected chi connectivity index (χ3v) is 5.87. The number of carbonyl (C=O) groups excluding carboxylic acids is 2. The van der Waals surface area contributed by atoms with E-state index in [1.165, 1.54) is 17.9 Å². The highest BCUT2D eigenvalue weighted by atomic mass is 16.5.